The maximum Gasteiger partial charge on any atom is 0.305 e. The molecule has 2 unspecified atom stereocenters. The van der Waals surface area contributed by atoms with Crippen molar-refractivity contribution in [2.24, 2.45) is 0 Å². The van der Waals surface area contributed by atoms with Gasteiger partial charge in [0, 0.05) is 12.8 Å². The Morgan fingerprint density at radius 2 is 0.588 bits per heavy atom. The third-order valence-corrected chi connectivity index (χ3v) is 17.8. The number of aliphatic hydroxyl groups is 2. The van der Waals surface area contributed by atoms with Crippen LogP contribution in [0.3, 0.4) is 0 Å². The van der Waals surface area contributed by atoms with Crippen molar-refractivity contribution in [2.75, 3.05) is 13.2 Å². The van der Waals surface area contributed by atoms with Gasteiger partial charge < -0.3 is 20.3 Å². The van der Waals surface area contributed by atoms with Crippen LogP contribution in [0, 0.1) is 0 Å². The summed E-state index contributed by atoms with van der Waals surface area (Å²) in [6.45, 7) is 4.91. The number of rotatable bonds is 72. The number of aliphatic hydroxyl groups excluding tert-OH is 2. The quantitative estimate of drug-likeness (QED) is 0.0320. The molecule has 500 valence electrons. The van der Waals surface area contributed by atoms with Gasteiger partial charge in [0.2, 0.25) is 5.91 Å². The Bertz CT molecular complexity index is 1420. The van der Waals surface area contributed by atoms with Gasteiger partial charge in [-0.2, -0.15) is 0 Å². The molecule has 0 saturated carbocycles. The summed E-state index contributed by atoms with van der Waals surface area (Å²) in [6, 6.07) is -0.626. The van der Waals surface area contributed by atoms with E-state index in [0.717, 1.165) is 51.4 Å². The molecule has 2 atom stereocenters. The van der Waals surface area contributed by atoms with Crippen molar-refractivity contribution in [3.8, 4) is 0 Å². The van der Waals surface area contributed by atoms with Crippen LogP contribution in [0.4, 0.5) is 0 Å². The van der Waals surface area contributed by atoms with Crippen molar-refractivity contribution in [3.63, 3.8) is 0 Å². The van der Waals surface area contributed by atoms with Gasteiger partial charge in [-0.3, -0.25) is 9.59 Å². The lowest BCUT2D eigenvalue weighted by Gasteiger charge is -2.20. The average molecular weight is 1190 g/mol. The SMILES string of the molecule is CCCCC/C=C\CCCCCCCC(=O)OCCCCCCCCCCCCCCCCC/C=C\C/C=C\CCCCCCCCCCCCCCCCCCCC(=O)NC(CO)C(O)/C=C/CCCCCCCCCCCCCCCCC. The van der Waals surface area contributed by atoms with Crippen molar-refractivity contribution < 1.29 is 24.5 Å². The van der Waals surface area contributed by atoms with Gasteiger partial charge in [-0.05, 0) is 89.9 Å². The number of nitrogens with one attached hydrogen (secondary N) is 1. The highest BCUT2D eigenvalue weighted by Crippen LogP contribution is 2.19. The maximum absolute atomic E-state index is 12.5. The summed E-state index contributed by atoms with van der Waals surface area (Å²) in [5, 5.41) is 23.2. The minimum absolute atomic E-state index is 0.0102. The standard InChI is InChI=1S/C79H149NO5/c1-3-5-7-9-11-13-15-17-18-42-45-48-51-55-59-63-67-71-77(82)76(75-81)80-78(83)72-68-64-60-56-52-49-46-43-40-38-36-34-32-30-28-26-24-22-20-19-21-23-25-27-29-31-33-35-37-39-41-44-47-50-54-58-62-66-70-74-85-79(84)73-69-65-61-57-53-16-14-12-10-8-6-4-2/h12,14,19-20,23,25,67,71,76-77,81-82H,3-11,13,15-18,21-22,24,26-66,68-70,72-75H2,1-2H3,(H,80,83)/b14-12-,20-19-,25-23-,71-67+. The Balaban J connectivity index is 3.37. The number of unbranched alkanes of at least 4 members (excludes halogenated alkanes) is 55. The molecule has 0 aromatic heterocycles. The van der Waals surface area contributed by atoms with Crippen molar-refractivity contribution in [3.05, 3.63) is 48.6 Å². The molecule has 85 heavy (non-hydrogen) atoms. The minimum atomic E-state index is -0.843. The molecular formula is C79H149NO5. The van der Waals surface area contributed by atoms with Gasteiger partial charge >= 0.3 is 5.97 Å². The topological polar surface area (TPSA) is 95.9 Å². The van der Waals surface area contributed by atoms with Gasteiger partial charge in [-0.1, -0.05) is 364 Å². The molecule has 0 aliphatic heterocycles. The summed E-state index contributed by atoms with van der Waals surface area (Å²) in [5.41, 5.74) is 0. The van der Waals surface area contributed by atoms with E-state index in [4.69, 9.17) is 4.74 Å². The van der Waals surface area contributed by atoms with Crippen LogP contribution in [0.2, 0.25) is 0 Å². The number of amides is 1. The molecule has 6 heteroatoms. The second-order valence-corrected chi connectivity index (χ2v) is 26.3. The van der Waals surface area contributed by atoms with Gasteiger partial charge in [0.25, 0.3) is 0 Å². The summed E-state index contributed by atoms with van der Waals surface area (Å²) >= 11 is 0. The van der Waals surface area contributed by atoms with Crippen LogP contribution in [0.5, 0.6) is 0 Å². The van der Waals surface area contributed by atoms with Crippen LogP contribution >= 0.6 is 0 Å². The molecule has 0 bridgehead atoms. The molecule has 0 heterocycles. The highest BCUT2D eigenvalue weighted by Gasteiger charge is 2.18. The Hall–Kier alpha value is -2.18. The van der Waals surface area contributed by atoms with Crippen LogP contribution in [0.1, 0.15) is 418 Å². The molecule has 6 nitrogen and oxygen atoms in total. The Morgan fingerprint density at radius 3 is 0.929 bits per heavy atom. The number of carbonyl (C=O) groups excluding carboxylic acids is 2. The molecule has 0 aromatic carbocycles. The predicted molar refractivity (Wildman–Crippen MR) is 375 cm³/mol. The molecule has 0 aliphatic rings. The van der Waals surface area contributed by atoms with Gasteiger partial charge in [-0.25, -0.2) is 0 Å². The Kier molecular flexibility index (Phi) is 72.4. The monoisotopic (exact) mass is 1190 g/mol. The number of esters is 1. The first-order chi connectivity index (χ1) is 42.0. The number of allylic oxidation sites excluding steroid dienone is 7. The van der Waals surface area contributed by atoms with E-state index in [9.17, 15) is 19.8 Å². The third-order valence-electron chi connectivity index (χ3n) is 17.8. The lowest BCUT2D eigenvalue weighted by atomic mass is 10.0. The zero-order valence-electron chi connectivity index (χ0n) is 57.4. The Morgan fingerprint density at radius 1 is 0.329 bits per heavy atom. The Labute approximate surface area is 531 Å². The molecule has 0 aromatic rings. The number of carbonyl (C=O) groups is 2. The molecule has 0 fully saturated rings. The summed E-state index contributed by atoms with van der Waals surface area (Å²) in [5.74, 6) is -0.0517. The molecule has 1 amide bonds. The fraction of sp³-hybridized carbons (Fsp3) is 0.873. The normalized spacial score (nSPS) is 12.8. The maximum atomic E-state index is 12.5. The van der Waals surface area contributed by atoms with Gasteiger partial charge in [0.15, 0.2) is 0 Å². The first-order valence-electron chi connectivity index (χ1n) is 38.4. The van der Waals surface area contributed by atoms with Crippen molar-refractivity contribution in [2.45, 2.75) is 431 Å². The summed E-state index contributed by atoms with van der Waals surface area (Å²) < 4.78 is 5.48. The van der Waals surface area contributed by atoms with E-state index in [-0.39, 0.29) is 18.5 Å². The van der Waals surface area contributed by atoms with Crippen LogP contribution in [0.15, 0.2) is 48.6 Å². The summed E-state index contributed by atoms with van der Waals surface area (Å²) in [6.07, 6.45) is 98.0. The highest BCUT2D eigenvalue weighted by atomic mass is 16.5. The van der Waals surface area contributed by atoms with Crippen LogP contribution in [-0.4, -0.2) is 47.4 Å². The van der Waals surface area contributed by atoms with Gasteiger partial charge in [-0.15, -0.1) is 0 Å². The van der Waals surface area contributed by atoms with Crippen LogP contribution < -0.4 is 5.32 Å². The fourth-order valence-electron chi connectivity index (χ4n) is 12.0. The van der Waals surface area contributed by atoms with E-state index in [1.807, 2.05) is 6.08 Å². The zero-order valence-corrected chi connectivity index (χ0v) is 57.4. The number of ether oxygens (including phenoxy) is 1. The summed E-state index contributed by atoms with van der Waals surface area (Å²) in [4.78, 5) is 24.5. The zero-order chi connectivity index (χ0) is 61.3. The van der Waals surface area contributed by atoms with Crippen LogP contribution in [0.25, 0.3) is 0 Å². The predicted octanol–water partition coefficient (Wildman–Crippen LogP) is 25.2. The molecule has 0 rings (SSSR count). The van der Waals surface area contributed by atoms with Gasteiger partial charge in [0.05, 0.1) is 25.4 Å². The largest absolute Gasteiger partial charge is 0.466 e. The first-order valence-corrected chi connectivity index (χ1v) is 38.4. The second-order valence-electron chi connectivity index (χ2n) is 26.3. The molecule has 0 spiro atoms. The van der Waals surface area contributed by atoms with E-state index >= 15 is 0 Å². The second kappa shape index (κ2) is 74.3. The molecule has 0 aliphatic carbocycles. The lowest BCUT2D eigenvalue weighted by Crippen LogP contribution is -2.45. The smallest absolute Gasteiger partial charge is 0.305 e. The average Bonchev–Trinajstić information content (AvgIpc) is 3.51. The van der Waals surface area contributed by atoms with Crippen molar-refractivity contribution in [1.82, 2.24) is 5.32 Å². The number of hydrogen-bond acceptors (Lipinski definition) is 5. The molecule has 3 N–H and O–H groups in total. The van der Waals surface area contributed by atoms with Crippen molar-refractivity contribution in [1.29, 1.82) is 0 Å². The third kappa shape index (κ3) is 70.8. The first kappa shape index (κ1) is 82.8. The van der Waals surface area contributed by atoms with E-state index in [1.165, 1.54) is 340 Å². The van der Waals surface area contributed by atoms with Crippen molar-refractivity contribution >= 4 is 11.9 Å². The van der Waals surface area contributed by atoms with Gasteiger partial charge in [0.1, 0.15) is 0 Å². The van der Waals surface area contributed by atoms with E-state index in [0.29, 0.717) is 19.4 Å². The fourth-order valence-corrected chi connectivity index (χ4v) is 12.0. The highest BCUT2D eigenvalue weighted by molar-refractivity contribution is 5.76. The van der Waals surface area contributed by atoms with E-state index in [2.05, 4.69) is 55.6 Å². The van der Waals surface area contributed by atoms with E-state index in [1.54, 1.807) is 6.08 Å². The lowest BCUT2D eigenvalue weighted by molar-refractivity contribution is -0.143. The molecule has 0 saturated heterocycles. The van der Waals surface area contributed by atoms with E-state index < -0.39 is 12.1 Å². The van der Waals surface area contributed by atoms with Crippen LogP contribution in [-0.2, 0) is 14.3 Å². The molecule has 0 radical (unpaired) electrons. The molecular weight excluding hydrogens is 1040 g/mol. The number of hydrogen-bond donors (Lipinski definition) is 3. The minimum Gasteiger partial charge on any atom is -0.466 e. The summed E-state index contributed by atoms with van der Waals surface area (Å²) in [7, 11) is 0.